The van der Waals surface area contributed by atoms with E-state index in [-0.39, 0.29) is 18.1 Å². The number of carbonyl (C=O) groups is 2. The zero-order valence-electron chi connectivity index (χ0n) is 14.5. The lowest BCUT2D eigenvalue weighted by Crippen LogP contribution is -2.50. The first-order valence-electron chi connectivity index (χ1n) is 8.73. The molecule has 2 aliphatic heterocycles. The highest BCUT2D eigenvalue weighted by atomic mass is 35.5. The molecule has 0 saturated carbocycles. The average Bonchev–Trinajstić information content (AvgIpc) is 3.00. The van der Waals surface area contributed by atoms with Gasteiger partial charge >= 0.3 is 12.0 Å². The predicted molar refractivity (Wildman–Crippen MR) is 95.2 cm³/mol. The van der Waals surface area contributed by atoms with Gasteiger partial charge in [0.1, 0.15) is 17.9 Å². The summed E-state index contributed by atoms with van der Waals surface area (Å²) < 4.78 is 10.8. The van der Waals surface area contributed by atoms with Crippen molar-refractivity contribution in [3.63, 3.8) is 0 Å². The molecular weight excluding hydrogens is 344 g/mol. The van der Waals surface area contributed by atoms with Crippen LogP contribution in [0.3, 0.4) is 0 Å². The van der Waals surface area contributed by atoms with Crippen molar-refractivity contribution in [1.82, 2.24) is 4.90 Å². The number of nitrogens with one attached hydrogen (secondary N) is 1. The lowest BCUT2D eigenvalue weighted by Gasteiger charge is -2.34. The Morgan fingerprint density at radius 2 is 2.20 bits per heavy atom. The highest BCUT2D eigenvalue weighted by molar-refractivity contribution is 6.32. The van der Waals surface area contributed by atoms with E-state index in [9.17, 15) is 9.59 Å². The number of ether oxygens (including phenoxy) is 2. The van der Waals surface area contributed by atoms with Gasteiger partial charge in [-0.25, -0.2) is 9.59 Å². The Morgan fingerprint density at radius 1 is 1.40 bits per heavy atom. The molecule has 7 heteroatoms. The van der Waals surface area contributed by atoms with Gasteiger partial charge in [-0.1, -0.05) is 11.6 Å². The standard InChI is InChI=1S/C18H23ClN2O4/c1-3-24-17(22)15-6-4-5-9-21(15)18(23)20-14-8-7-13(19)16-12(14)10-11(2)25-16/h7-8,11,15H,3-6,9-10H2,1-2H3,(H,20,23). The van der Waals surface area contributed by atoms with Gasteiger partial charge in [-0.2, -0.15) is 0 Å². The molecule has 0 radical (unpaired) electrons. The molecule has 136 valence electrons. The van der Waals surface area contributed by atoms with E-state index in [0.717, 1.165) is 18.4 Å². The summed E-state index contributed by atoms with van der Waals surface area (Å²) in [6.45, 7) is 4.58. The molecule has 2 aliphatic rings. The Morgan fingerprint density at radius 3 is 2.96 bits per heavy atom. The van der Waals surface area contributed by atoms with Crippen LogP contribution in [0.15, 0.2) is 12.1 Å². The Bertz CT molecular complexity index is 679. The minimum absolute atomic E-state index is 0.0211. The van der Waals surface area contributed by atoms with E-state index in [1.165, 1.54) is 0 Å². The van der Waals surface area contributed by atoms with E-state index >= 15 is 0 Å². The molecule has 2 atom stereocenters. The number of hydrogen-bond donors (Lipinski definition) is 1. The van der Waals surface area contributed by atoms with Crippen LogP contribution >= 0.6 is 11.6 Å². The van der Waals surface area contributed by atoms with Crippen LogP contribution in [0.25, 0.3) is 0 Å². The molecule has 1 saturated heterocycles. The van der Waals surface area contributed by atoms with E-state index in [1.807, 2.05) is 6.92 Å². The highest BCUT2D eigenvalue weighted by Gasteiger charge is 2.34. The van der Waals surface area contributed by atoms with E-state index < -0.39 is 6.04 Å². The number of amides is 2. The molecule has 6 nitrogen and oxygen atoms in total. The molecule has 2 heterocycles. The normalized spacial score (nSPS) is 22.1. The van der Waals surface area contributed by atoms with Crippen LogP contribution in [0, 0.1) is 0 Å². The van der Waals surface area contributed by atoms with Gasteiger partial charge in [0, 0.05) is 24.2 Å². The number of likely N-dealkylation sites (tertiary alicyclic amines) is 1. The minimum atomic E-state index is -0.524. The van der Waals surface area contributed by atoms with Crippen LogP contribution in [-0.4, -0.2) is 42.2 Å². The van der Waals surface area contributed by atoms with E-state index in [0.29, 0.717) is 42.5 Å². The van der Waals surface area contributed by atoms with Gasteiger partial charge < -0.3 is 19.7 Å². The van der Waals surface area contributed by atoms with Gasteiger partial charge in [0.2, 0.25) is 0 Å². The number of carbonyl (C=O) groups excluding carboxylic acids is 2. The number of anilines is 1. The topological polar surface area (TPSA) is 67.9 Å². The number of benzene rings is 1. The third-order valence-electron chi connectivity index (χ3n) is 4.59. The predicted octanol–water partition coefficient (Wildman–Crippen LogP) is 3.61. The molecule has 0 spiro atoms. The van der Waals surface area contributed by atoms with Crippen LogP contribution in [-0.2, 0) is 16.0 Å². The molecule has 0 aromatic heterocycles. The van der Waals surface area contributed by atoms with Crippen molar-refractivity contribution < 1.29 is 19.1 Å². The van der Waals surface area contributed by atoms with Gasteiger partial charge in [0.15, 0.2) is 0 Å². The summed E-state index contributed by atoms with van der Waals surface area (Å²) in [7, 11) is 0. The van der Waals surface area contributed by atoms with Gasteiger partial charge in [-0.15, -0.1) is 0 Å². The minimum Gasteiger partial charge on any atom is -0.488 e. The molecule has 0 bridgehead atoms. The number of halogens is 1. The summed E-state index contributed by atoms with van der Waals surface area (Å²) >= 11 is 6.18. The van der Waals surface area contributed by atoms with Gasteiger partial charge in [-0.3, -0.25) is 0 Å². The molecule has 2 unspecified atom stereocenters. The summed E-state index contributed by atoms with van der Waals surface area (Å²) in [5.41, 5.74) is 1.58. The summed E-state index contributed by atoms with van der Waals surface area (Å²) in [6.07, 6.45) is 3.13. The quantitative estimate of drug-likeness (QED) is 0.830. The molecule has 3 rings (SSSR count). The number of fused-ring (bicyclic) bond motifs is 1. The highest BCUT2D eigenvalue weighted by Crippen LogP contribution is 2.40. The summed E-state index contributed by atoms with van der Waals surface area (Å²) in [4.78, 5) is 26.5. The largest absolute Gasteiger partial charge is 0.488 e. The van der Waals surface area contributed by atoms with Crippen molar-refractivity contribution in [2.45, 2.75) is 51.7 Å². The second kappa shape index (κ2) is 7.52. The van der Waals surface area contributed by atoms with Crippen molar-refractivity contribution in [2.24, 2.45) is 0 Å². The molecule has 2 amide bonds. The first-order valence-corrected chi connectivity index (χ1v) is 9.11. The number of nitrogens with zero attached hydrogens (tertiary/aromatic N) is 1. The molecular formula is C18H23ClN2O4. The lowest BCUT2D eigenvalue weighted by molar-refractivity contribution is -0.149. The maximum Gasteiger partial charge on any atom is 0.328 e. The first kappa shape index (κ1) is 17.9. The smallest absolute Gasteiger partial charge is 0.328 e. The molecule has 25 heavy (non-hydrogen) atoms. The van der Waals surface area contributed by atoms with E-state index in [1.54, 1.807) is 24.0 Å². The van der Waals surface area contributed by atoms with Crippen LogP contribution in [0.4, 0.5) is 10.5 Å². The fraction of sp³-hybridized carbons (Fsp3) is 0.556. The molecule has 0 aliphatic carbocycles. The Kier molecular flexibility index (Phi) is 5.37. The average molecular weight is 367 g/mol. The van der Waals surface area contributed by atoms with Gasteiger partial charge in [0.05, 0.1) is 11.6 Å². The summed E-state index contributed by atoms with van der Waals surface area (Å²) in [5, 5.41) is 3.47. The second-order valence-corrected chi connectivity index (χ2v) is 6.83. The number of esters is 1. The Hall–Kier alpha value is -1.95. The third-order valence-corrected chi connectivity index (χ3v) is 4.88. The maximum absolute atomic E-state index is 12.8. The van der Waals surface area contributed by atoms with Crippen molar-refractivity contribution in [3.05, 3.63) is 22.7 Å². The molecule has 1 N–H and O–H groups in total. The van der Waals surface area contributed by atoms with Crippen LogP contribution in [0.5, 0.6) is 5.75 Å². The van der Waals surface area contributed by atoms with Crippen LogP contribution < -0.4 is 10.1 Å². The first-order chi connectivity index (χ1) is 12.0. The number of hydrogen-bond acceptors (Lipinski definition) is 4. The van der Waals surface area contributed by atoms with Crippen molar-refractivity contribution in [3.8, 4) is 5.75 Å². The zero-order valence-corrected chi connectivity index (χ0v) is 15.3. The fourth-order valence-corrected chi connectivity index (χ4v) is 3.64. The molecule has 1 aromatic rings. The third kappa shape index (κ3) is 3.68. The summed E-state index contributed by atoms with van der Waals surface area (Å²) in [5.74, 6) is 0.295. The SMILES string of the molecule is CCOC(=O)C1CCCCN1C(=O)Nc1ccc(Cl)c2c1CC(C)O2. The van der Waals surface area contributed by atoms with Crippen molar-refractivity contribution in [1.29, 1.82) is 0 Å². The van der Waals surface area contributed by atoms with Crippen LogP contribution in [0.1, 0.15) is 38.7 Å². The van der Waals surface area contributed by atoms with Crippen molar-refractivity contribution in [2.75, 3.05) is 18.5 Å². The number of piperidine rings is 1. The van der Waals surface area contributed by atoms with Gasteiger partial charge in [0.25, 0.3) is 0 Å². The number of rotatable bonds is 3. The molecule has 1 aromatic carbocycles. The summed E-state index contributed by atoms with van der Waals surface area (Å²) in [6, 6.07) is 2.68. The lowest BCUT2D eigenvalue weighted by atomic mass is 10.0. The maximum atomic E-state index is 12.8. The Labute approximate surface area is 152 Å². The van der Waals surface area contributed by atoms with E-state index in [4.69, 9.17) is 21.1 Å². The van der Waals surface area contributed by atoms with E-state index in [2.05, 4.69) is 5.32 Å². The Balaban J connectivity index is 1.78. The fourth-order valence-electron chi connectivity index (χ4n) is 3.42. The van der Waals surface area contributed by atoms with Crippen molar-refractivity contribution >= 4 is 29.3 Å². The molecule has 1 fully saturated rings. The van der Waals surface area contributed by atoms with Crippen LogP contribution in [0.2, 0.25) is 5.02 Å². The monoisotopic (exact) mass is 366 g/mol. The number of urea groups is 1. The zero-order chi connectivity index (χ0) is 18.0. The van der Waals surface area contributed by atoms with Gasteiger partial charge in [-0.05, 0) is 45.2 Å². The second-order valence-electron chi connectivity index (χ2n) is 6.42.